The number of nitrogens with zero attached hydrogens (tertiary/aromatic N) is 2. The summed E-state index contributed by atoms with van der Waals surface area (Å²) >= 11 is 0. The van der Waals surface area contributed by atoms with Crippen molar-refractivity contribution in [1.82, 2.24) is 10.2 Å². The van der Waals surface area contributed by atoms with E-state index in [9.17, 15) is 9.59 Å². The minimum absolute atomic E-state index is 0.154. The number of esters is 1. The first-order valence-corrected chi connectivity index (χ1v) is 9.27. The van der Waals surface area contributed by atoms with Crippen LogP contribution >= 0.6 is 0 Å². The maximum absolute atomic E-state index is 12.1. The van der Waals surface area contributed by atoms with Gasteiger partial charge < -0.3 is 15.4 Å². The van der Waals surface area contributed by atoms with Gasteiger partial charge in [0.15, 0.2) is 11.6 Å². The van der Waals surface area contributed by atoms with Crippen LogP contribution in [0.5, 0.6) is 0 Å². The fraction of sp³-hybridized carbons (Fsp3) is 0.182. The molecule has 1 aromatic heterocycles. The van der Waals surface area contributed by atoms with Crippen molar-refractivity contribution < 1.29 is 14.3 Å². The number of carbonyl (C=O) groups is 2. The fourth-order valence-electron chi connectivity index (χ4n) is 2.60. The Morgan fingerprint density at radius 1 is 0.897 bits per heavy atom. The van der Waals surface area contributed by atoms with Gasteiger partial charge in [-0.25, -0.2) is 4.79 Å². The van der Waals surface area contributed by atoms with Crippen molar-refractivity contribution in [3.63, 3.8) is 0 Å². The zero-order valence-corrected chi connectivity index (χ0v) is 16.3. The summed E-state index contributed by atoms with van der Waals surface area (Å²) in [5, 5.41) is 13.9. The molecule has 3 rings (SSSR count). The molecule has 2 aromatic carbocycles. The van der Waals surface area contributed by atoms with Crippen LogP contribution in [0.25, 0.3) is 0 Å². The summed E-state index contributed by atoms with van der Waals surface area (Å²) in [6.45, 7) is 4.10. The molecule has 0 bridgehead atoms. The van der Waals surface area contributed by atoms with Crippen LogP contribution in [0.1, 0.15) is 28.4 Å². The zero-order chi connectivity index (χ0) is 20.6. The maximum Gasteiger partial charge on any atom is 0.338 e. The van der Waals surface area contributed by atoms with Crippen LogP contribution < -0.4 is 10.6 Å². The number of amides is 1. The lowest BCUT2D eigenvalue weighted by Gasteiger charge is -2.08. The molecule has 148 valence electrons. The second-order valence-electron chi connectivity index (χ2n) is 6.44. The lowest BCUT2D eigenvalue weighted by atomic mass is 10.1. The van der Waals surface area contributed by atoms with Gasteiger partial charge in [-0.3, -0.25) is 4.79 Å². The number of aryl methyl sites for hydroxylation is 1. The van der Waals surface area contributed by atoms with Crippen molar-refractivity contribution in [3.8, 4) is 0 Å². The SMILES string of the molecule is CCOC(=O)c1ccc(Nc2ccc(NC(=O)Cc3ccc(C)cc3)nn2)cc1. The van der Waals surface area contributed by atoms with Crippen LogP contribution in [-0.4, -0.2) is 28.7 Å². The molecule has 1 amide bonds. The van der Waals surface area contributed by atoms with E-state index in [0.29, 0.717) is 23.8 Å². The van der Waals surface area contributed by atoms with Crippen LogP contribution in [0.3, 0.4) is 0 Å². The molecule has 3 aromatic rings. The van der Waals surface area contributed by atoms with Crippen molar-refractivity contribution in [1.29, 1.82) is 0 Å². The average Bonchev–Trinajstić information content (AvgIpc) is 2.72. The summed E-state index contributed by atoms with van der Waals surface area (Å²) in [6.07, 6.45) is 0.273. The number of anilines is 3. The lowest BCUT2D eigenvalue weighted by molar-refractivity contribution is -0.115. The number of hydrogen-bond acceptors (Lipinski definition) is 6. The van der Waals surface area contributed by atoms with Gasteiger partial charge >= 0.3 is 5.97 Å². The molecule has 0 radical (unpaired) electrons. The van der Waals surface area contributed by atoms with Crippen LogP contribution in [0.2, 0.25) is 0 Å². The number of rotatable bonds is 7. The molecule has 0 atom stereocenters. The smallest absolute Gasteiger partial charge is 0.338 e. The molecular formula is C22H22N4O3. The third kappa shape index (κ3) is 5.87. The molecule has 0 saturated heterocycles. The van der Waals surface area contributed by atoms with Gasteiger partial charge in [-0.15, -0.1) is 10.2 Å². The predicted octanol–water partition coefficient (Wildman–Crippen LogP) is 3.89. The van der Waals surface area contributed by atoms with Crippen LogP contribution in [0.4, 0.5) is 17.3 Å². The Kier molecular flexibility index (Phi) is 6.52. The Hall–Kier alpha value is -3.74. The molecule has 0 saturated carbocycles. The number of ether oxygens (including phenoxy) is 1. The normalized spacial score (nSPS) is 10.3. The Morgan fingerprint density at radius 2 is 1.55 bits per heavy atom. The molecule has 7 heteroatoms. The van der Waals surface area contributed by atoms with E-state index in [1.165, 1.54) is 0 Å². The molecular weight excluding hydrogens is 368 g/mol. The summed E-state index contributed by atoms with van der Waals surface area (Å²) in [5.74, 6) is 0.388. The fourth-order valence-corrected chi connectivity index (χ4v) is 2.60. The summed E-state index contributed by atoms with van der Waals surface area (Å²) in [6, 6.07) is 18.1. The Labute approximate surface area is 169 Å². The standard InChI is InChI=1S/C22H22N4O3/c1-3-29-22(28)17-8-10-18(11-9-17)23-19-12-13-20(26-25-19)24-21(27)14-16-6-4-15(2)5-7-16/h4-13H,3,14H2,1-2H3,(H,23,25)(H,24,26,27). The summed E-state index contributed by atoms with van der Waals surface area (Å²) < 4.78 is 4.96. The Morgan fingerprint density at radius 3 is 2.17 bits per heavy atom. The van der Waals surface area contributed by atoms with Crippen molar-refractivity contribution in [2.24, 2.45) is 0 Å². The highest BCUT2D eigenvalue weighted by atomic mass is 16.5. The van der Waals surface area contributed by atoms with Gasteiger partial charge in [0, 0.05) is 5.69 Å². The molecule has 0 unspecified atom stereocenters. The number of aromatic nitrogens is 2. The lowest BCUT2D eigenvalue weighted by Crippen LogP contribution is -2.15. The molecule has 0 aliphatic carbocycles. The predicted molar refractivity (Wildman–Crippen MR) is 111 cm³/mol. The van der Waals surface area contributed by atoms with Crippen molar-refractivity contribution in [2.75, 3.05) is 17.2 Å². The monoisotopic (exact) mass is 390 g/mol. The van der Waals surface area contributed by atoms with Crippen LogP contribution in [0.15, 0.2) is 60.7 Å². The minimum atomic E-state index is -0.357. The summed E-state index contributed by atoms with van der Waals surface area (Å²) in [5.41, 5.74) is 3.32. The van der Waals surface area contributed by atoms with Crippen LogP contribution in [0, 0.1) is 6.92 Å². The van der Waals surface area contributed by atoms with E-state index in [4.69, 9.17) is 4.74 Å². The van der Waals surface area contributed by atoms with Gasteiger partial charge in [0.25, 0.3) is 0 Å². The zero-order valence-electron chi connectivity index (χ0n) is 16.3. The number of hydrogen-bond donors (Lipinski definition) is 2. The highest BCUT2D eigenvalue weighted by Crippen LogP contribution is 2.16. The highest BCUT2D eigenvalue weighted by Gasteiger charge is 2.07. The first-order valence-electron chi connectivity index (χ1n) is 9.27. The Bertz CT molecular complexity index is 968. The first kappa shape index (κ1) is 20.0. The number of nitrogens with one attached hydrogen (secondary N) is 2. The molecule has 0 aliphatic rings. The summed E-state index contributed by atoms with van der Waals surface area (Å²) in [4.78, 5) is 23.8. The molecule has 29 heavy (non-hydrogen) atoms. The van der Waals surface area contributed by atoms with Crippen LogP contribution in [-0.2, 0) is 16.0 Å². The maximum atomic E-state index is 12.1. The third-order valence-electron chi connectivity index (χ3n) is 4.09. The molecule has 0 aliphatic heterocycles. The van der Waals surface area contributed by atoms with Gasteiger partial charge in [0.05, 0.1) is 18.6 Å². The van der Waals surface area contributed by atoms with E-state index in [1.54, 1.807) is 43.3 Å². The molecule has 0 fully saturated rings. The number of carbonyl (C=O) groups excluding carboxylic acids is 2. The second-order valence-corrected chi connectivity index (χ2v) is 6.44. The van der Waals surface area contributed by atoms with Crippen molar-refractivity contribution in [2.45, 2.75) is 20.3 Å². The minimum Gasteiger partial charge on any atom is -0.462 e. The summed E-state index contributed by atoms with van der Waals surface area (Å²) in [7, 11) is 0. The third-order valence-corrected chi connectivity index (χ3v) is 4.09. The number of benzene rings is 2. The highest BCUT2D eigenvalue weighted by molar-refractivity contribution is 5.91. The molecule has 2 N–H and O–H groups in total. The second kappa shape index (κ2) is 9.45. The van der Waals surface area contributed by atoms with E-state index in [1.807, 2.05) is 31.2 Å². The van der Waals surface area contributed by atoms with Gasteiger partial charge in [-0.1, -0.05) is 29.8 Å². The van der Waals surface area contributed by atoms with Gasteiger partial charge in [-0.2, -0.15) is 0 Å². The first-order chi connectivity index (χ1) is 14.0. The topological polar surface area (TPSA) is 93.2 Å². The van der Waals surface area contributed by atoms with Crippen molar-refractivity contribution in [3.05, 3.63) is 77.4 Å². The van der Waals surface area contributed by atoms with Gasteiger partial charge in [0.2, 0.25) is 5.91 Å². The van der Waals surface area contributed by atoms with E-state index in [0.717, 1.165) is 16.8 Å². The molecule has 0 spiro atoms. The largest absolute Gasteiger partial charge is 0.462 e. The van der Waals surface area contributed by atoms with E-state index in [-0.39, 0.29) is 18.3 Å². The van der Waals surface area contributed by atoms with Gasteiger partial charge in [-0.05, 0) is 55.8 Å². The quantitative estimate of drug-likeness (QED) is 0.595. The Balaban J connectivity index is 1.55. The average molecular weight is 390 g/mol. The van der Waals surface area contributed by atoms with Gasteiger partial charge in [0.1, 0.15) is 0 Å². The molecule has 1 heterocycles. The van der Waals surface area contributed by atoms with E-state index < -0.39 is 0 Å². The van der Waals surface area contributed by atoms with Crippen molar-refractivity contribution >= 4 is 29.2 Å². The van der Waals surface area contributed by atoms with E-state index >= 15 is 0 Å². The molecule has 7 nitrogen and oxygen atoms in total. The van der Waals surface area contributed by atoms with E-state index in [2.05, 4.69) is 20.8 Å².